The molecule has 0 aromatic carbocycles. The summed E-state index contributed by atoms with van der Waals surface area (Å²) >= 11 is 3.48. The minimum absolute atomic E-state index is 0.0838. The maximum absolute atomic E-state index is 13.1. The van der Waals surface area contributed by atoms with Gasteiger partial charge in [0.05, 0.1) is 4.70 Å². The molecule has 0 saturated carbocycles. The molecule has 0 aliphatic rings. The van der Waals surface area contributed by atoms with Crippen LogP contribution in [0.25, 0.3) is 10.1 Å². The van der Waals surface area contributed by atoms with Crippen LogP contribution in [0.4, 0.5) is 32.2 Å². The van der Waals surface area contributed by atoms with Crippen LogP contribution in [0, 0.1) is 0 Å². The molecule has 162 valence electrons. The van der Waals surface area contributed by atoms with Crippen LogP contribution in [0.1, 0.15) is 17.2 Å². The van der Waals surface area contributed by atoms with E-state index in [-0.39, 0.29) is 10.1 Å². The summed E-state index contributed by atoms with van der Waals surface area (Å²) in [4.78, 5) is 12.5. The molecule has 3 aromatic rings. The molecule has 0 amide bonds. The Kier molecular flexibility index (Phi) is 6.72. The average Bonchev–Trinajstić information content (AvgIpc) is 3.01. The van der Waals surface area contributed by atoms with Crippen LogP contribution in [0.15, 0.2) is 33.9 Å². The second kappa shape index (κ2) is 8.79. The predicted octanol–water partition coefficient (Wildman–Crippen LogP) is 5.93. The highest BCUT2D eigenvalue weighted by molar-refractivity contribution is 7.99. The molecule has 3 heterocycles. The fraction of sp³-hybridized carbons (Fsp3) is 0.353. The van der Waals surface area contributed by atoms with E-state index < -0.39 is 23.8 Å². The smallest absolute Gasteiger partial charge is 0.384 e. The number of nitrogens with zero attached hydrogens (tertiary/aromatic N) is 3. The zero-order chi connectivity index (χ0) is 22.1. The first-order valence-corrected chi connectivity index (χ1v) is 11.4. The number of fused-ring (bicyclic) bond motifs is 1. The molecule has 0 atom stereocenters. The Morgan fingerprint density at radius 2 is 1.80 bits per heavy atom. The lowest BCUT2D eigenvalue weighted by Crippen LogP contribution is -2.33. The number of nitrogens with two attached hydrogens (primary N) is 1. The highest BCUT2D eigenvalue weighted by Crippen LogP contribution is 2.49. The quantitative estimate of drug-likeness (QED) is 0.202. The van der Waals surface area contributed by atoms with Gasteiger partial charge in [0.2, 0.25) is 0 Å². The van der Waals surface area contributed by atoms with Gasteiger partial charge >= 0.3 is 12.4 Å². The molecule has 0 fully saturated rings. The Hall–Kier alpha value is -1.73. The van der Waals surface area contributed by atoms with Gasteiger partial charge in [0.1, 0.15) is 10.8 Å². The number of nitrogen functional groups attached to an aromatic ring is 1. The summed E-state index contributed by atoms with van der Waals surface area (Å²) in [6.45, 7) is 0. The Balaban J connectivity index is 1.82. The van der Waals surface area contributed by atoms with Crippen LogP contribution in [0.2, 0.25) is 0 Å². The molecule has 30 heavy (non-hydrogen) atoms. The molecular weight excluding hydrogens is 470 g/mol. The molecule has 2 N–H and O–H groups in total. The first-order chi connectivity index (χ1) is 14.0. The molecule has 0 aliphatic heterocycles. The summed E-state index contributed by atoms with van der Waals surface area (Å²) in [6, 6.07) is 2.92. The lowest BCUT2D eigenvalue weighted by Gasteiger charge is -2.22. The van der Waals surface area contributed by atoms with E-state index in [1.165, 1.54) is 35.8 Å². The number of alkyl halides is 6. The van der Waals surface area contributed by atoms with Crippen molar-refractivity contribution in [3.8, 4) is 0 Å². The highest BCUT2D eigenvalue weighted by atomic mass is 32.2. The molecule has 0 saturated heterocycles. The number of rotatable bonds is 6. The van der Waals surface area contributed by atoms with E-state index in [9.17, 15) is 26.3 Å². The van der Waals surface area contributed by atoms with E-state index >= 15 is 0 Å². The van der Waals surface area contributed by atoms with Crippen molar-refractivity contribution in [2.45, 2.75) is 34.9 Å². The minimum atomic E-state index is -5.44. The Bertz CT molecular complexity index is 1020. The predicted molar refractivity (Wildman–Crippen MR) is 107 cm³/mol. The van der Waals surface area contributed by atoms with Crippen molar-refractivity contribution in [2.24, 2.45) is 0 Å². The molecular formula is C17H14F6N4S3. The van der Waals surface area contributed by atoms with Gasteiger partial charge in [-0.1, -0.05) is 11.8 Å². The maximum Gasteiger partial charge on any atom is 0.404 e. The minimum Gasteiger partial charge on any atom is -0.384 e. The molecule has 0 unspecified atom stereocenters. The summed E-state index contributed by atoms with van der Waals surface area (Å²) in [5, 5.41) is 1.95. The molecule has 3 rings (SSSR count). The molecule has 13 heteroatoms. The number of aryl methyl sites for hydroxylation is 1. The van der Waals surface area contributed by atoms with Gasteiger partial charge in [0, 0.05) is 23.7 Å². The fourth-order valence-electron chi connectivity index (χ4n) is 2.73. The van der Waals surface area contributed by atoms with Crippen LogP contribution in [-0.4, -0.2) is 39.3 Å². The summed E-state index contributed by atoms with van der Waals surface area (Å²) in [6.07, 6.45) is -7.43. The Morgan fingerprint density at radius 3 is 2.43 bits per heavy atom. The van der Waals surface area contributed by atoms with E-state index in [4.69, 9.17) is 5.73 Å². The molecule has 0 bridgehead atoms. The second-order valence-electron chi connectivity index (χ2n) is 6.10. The van der Waals surface area contributed by atoms with Crippen molar-refractivity contribution in [1.29, 1.82) is 0 Å². The first kappa shape index (κ1) is 22.9. The van der Waals surface area contributed by atoms with Gasteiger partial charge in [-0.3, -0.25) is 4.98 Å². The molecule has 0 radical (unpaired) electrons. The summed E-state index contributed by atoms with van der Waals surface area (Å²) < 4.78 is 79.1. The standard InChI is InChI=1S/C17H14F6N4S3/c1-28-13-5-12(24)26-15(27-13)29-3-2-8-4-9-10(7-30-11(9)6-25-8)14(16(18,19)20)17(21,22)23/h4-7,14H,2-3H2,1H3,(H2,24,26,27). The van der Waals surface area contributed by atoms with E-state index in [2.05, 4.69) is 15.0 Å². The van der Waals surface area contributed by atoms with Gasteiger partial charge in [-0.15, -0.1) is 23.1 Å². The van der Waals surface area contributed by atoms with Crippen molar-refractivity contribution in [1.82, 2.24) is 15.0 Å². The van der Waals surface area contributed by atoms with Crippen LogP contribution in [-0.2, 0) is 6.42 Å². The number of hydrogen-bond donors (Lipinski definition) is 1. The van der Waals surface area contributed by atoms with Gasteiger partial charge in [-0.05, 0) is 35.1 Å². The van der Waals surface area contributed by atoms with Crippen molar-refractivity contribution < 1.29 is 26.3 Å². The van der Waals surface area contributed by atoms with E-state index in [0.29, 0.717) is 33.9 Å². The number of anilines is 1. The summed E-state index contributed by atoms with van der Waals surface area (Å²) in [7, 11) is 0. The van der Waals surface area contributed by atoms with Gasteiger partial charge in [-0.2, -0.15) is 26.3 Å². The monoisotopic (exact) mass is 484 g/mol. The van der Waals surface area contributed by atoms with Crippen LogP contribution >= 0.6 is 34.9 Å². The van der Waals surface area contributed by atoms with E-state index in [0.717, 1.165) is 16.7 Å². The number of thioether (sulfide) groups is 2. The zero-order valence-electron chi connectivity index (χ0n) is 15.2. The van der Waals surface area contributed by atoms with Crippen molar-refractivity contribution in [3.05, 3.63) is 35.0 Å². The second-order valence-corrected chi connectivity index (χ2v) is 8.90. The van der Waals surface area contributed by atoms with Crippen LogP contribution in [0.5, 0.6) is 0 Å². The zero-order valence-corrected chi connectivity index (χ0v) is 17.7. The Labute approximate surface area is 179 Å². The third kappa shape index (κ3) is 5.30. The van der Waals surface area contributed by atoms with Gasteiger partial charge in [0.15, 0.2) is 11.1 Å². The van der Waals surface area contributed by atoms with Crippen molar-refractivity contribution in [2.75, 3.05) is 17.7 Å². The van der Waals surface area contributed by atoms with Gasteiger partial charge in [-0.25, -0.2) is 9.97 Å². The van der Waals surface area contributed by atoms with Crippen LogP contribution in [0.3, 0.4) is 0 Å². The highest BCUT2D eigenvalue weighted by Gasteiger charge is 2.58. The number of aromatic nitrogens is 3. The SMILES string of the molecule is CSc1cc(N)nc(SCCc2cc3c(C(C(F)(F)F)C(F)(F)F)csc3cn2)n1. The molecule has 0 spiro atoms. The average molecular weight is 485 g/mol. The number of halogens is 6. The third-order valence-corrected chi connectivity index (χ3v) is 6.44. The third-order valence-electron chi connectivity index (χ3n) is 4.01. The van der Waals surface area contributed by atoms with Crippen molar-refractivity contribution >= 4 is 50.8 Å². The number of pyridine rings is 1. The maximum atomic E-state index is 13.1. The molecule has 3 aromatic heterocycles. The fourth-order valence-corrected chi connectivity index (χ4v) is 4.97. The van der Waals surface area contributed by atoms with Gasteiger partial charge < -0.3 is 5.73 Å². The molecule has 0 aliphatic carbocycles. The Morgan fingerprint density at radius 1 is 1.10 bits per heavy atom. The summed E-state index contributed by atoms with van der Waals surface area (Å²) in [5.74, 6) is -2.80. The summed E-state index contributed by atoms with van der Waals surface area (Å²) in [5.41, 5.74) is 5.30. The van der Waals surface area contributed by atoms with E-state index in [1.807, 2.05) is 6.26 Å². The lowest BCUT2D eigenvalue weighted by atomic mass is 9.97. The number of hydrogen-bond acceptors (Lipinski definition) is 7. The topological polar surface area (TPSA) is 64.7 Å². The van der Waals surface area contributed by atoms with Crippen LogP contribution < -0.4 is 5.73 Å². The molecule has 4 nitrogen and oxygen atoms in total. The normalized spacial score (nSPS) is 12.8. The van der Waals surface area contributed by atoms with E-state index in [1.54, 1.807) is 6.07 Å². The lowest BCUT2D eigenvalue weighted by molar-refractivity contribution is -0.253. The number of thiophene rings is 1. The first-order valence-electron chi connectivity index (χ1n) is 8.30. The largest absolute Gasteiger partial charge is 0.404 e. The van der Waals surface area contributed by atoms with Gasteiger partial charge in [0.25, 0.3) is 0 Å². The van der Waals surface area contributed by atoms with Crippen molar-refractivity contribution in [3.63, 3.8) is 0 Å².